The molecule has 2 aromatic carbocycles. The standard InChI is InChI=1S/C26H28N4O3/c1-16-10-9-13-24(17(16)2)32-15-23-20(5)33-29-25(23)26(31)27-14-22-18(3)28-30(19(22)4)21-11-7-6-8-12-21/h6-13H,14-15H2,1-5H3,(H,27,31). The van der Waals surface area contributed by atoms with Gasteiger partial charge in [-0.1, -0.05) is 35.5 Å². The smallest absolute Gasteiger partial charge is 0.274 e. The lowest BCUT2D eigenvalue weighted by Gasteiger charge is -2.11. The molecule has 0 aliphatic rings. The van der Waals surface area contributed by atoms with Crippen molar-refractivity contribution in [1.29, 1.82) is 0 Å². The summed E-state index contributed by atoms with van der Waals surface area (Å²) in [6, 6.07) is 15.8. The van der Waals surface area contributed by atoms with Crippen LogP contribution in [-0.4, -0.2) is 20.8 Å². The van der Waals surface area contributed by atoms with Crippen molar-refractivity contribution in [3.63, 3.8) is 0 Å². The fourth-order valence-corrected chi connectivity index (χ4v) is 3.77. The molecule has 0 aliphatic carbocycles. The molecule has 0 unspecified atom stereocenters. The van der Waals surface area contributed by atoms with Gasteiger partial charge in [0.2, 0.25) is 0 Å². The molecule has 170 valence electrons. The highest BCUT2D eigenvalue weighted by Gasteiger charge is 2.22. The van der Waals surface area contributed by atoms with Crippen LogP contribution in [0.5, 0.6) is 5.75 Å². The van der Waals surface area contributed by atoms with Crippen LogP contribution in [0.4, 0.5) is 0 Å². The van der Waals surface area contributed by atoms with Crippen LogP contribution < -0.4 is 10.1 Å². The molecule has 0 saturated heterocycles. The maximum atomic E-state index is 13.0. The second-order valence-corrected chi connectivity index (χ2v) is 8.13. The van der Waals surface area contributed by atoms with Gasteiger partial charge in [0.15, 0.2) is 5.69 Å². The van der Waals surface area contributed by atoms with Crippen molar-refractivity contribution in [2.75, 3.05) is 0 Å². The molecule has 4 rings (SSSR count). The van der Waals surface area contributed by atoms with E-state index in [4.69, 9.17) is 9.26 Å². The summed E-state index contributed by atoms with van der Waals surface area (Å²) in [7, 11) is 0. The summed E-state index contributed by atoms with van der Waals surface area (Å²) >= 11 is 0. The first-order valence-electron chi connectivity index (χ1n) is 10.9. The van der Waals surface area contributed by atoms with Crippen LogP contribution in [0.2, 0.25) is 0 Å². The van der Waals surface area contributed by atoms with Crippen LogP contribution in [0.25, 0.3) is 5.69 Å². The highest BCUT2D eigenvalue weighted by molar-refractivity contribution is 5.93. The number of para-hydroxylation sites is 1. The van der Waals surface area contributed by atoms with Crippen molar-refractivity contribution in [2.45, 2.75) is 47.8 Å². The number of hydrogen-bond acceptors (Lipinski definition) is 5. The molecule has 7 heteroatoms. The Morgan fingerprint density at radius 2 is 1.76 bits per heavy atom. The zero-order valence-corrected chi connectivity index (χ0v) is 19.6. The fraction of sp³-hybridized carbons (Fsp3) is 0.269. The number of rotatable bonds is 7. The number of aromatic nitrogens is 3. The predicted molar refractivity (Wildman–Crippen MR) is 126 cm³/mol. The predicted octanol–water partition coefficient (Wildman–Crippen LogP) is 4.91. The summed E-state index contributed by atoms with van der Waals surface area (Å²) in [6.07, 6.45) is 0. The lowest BCUT2D eigenvalue weighted by Crippen LogP contribution is -2.25. The first-order valence-corrected chi connectivity index (χ1v) is 10.9. The van der Waals surface area contributed by atoms with Gasteiger partial charge in [0, 0.05) is 17.8 Å². The van der Waals surface area contributed by atoms with E-state index in [0.29, 0.717) is 17.9 Å². The SMILES string of the molecule is Cc1cccc(OCc2c(C(=O)NCc3c(C)nn(-c4ccccc4)c3C)noc2C)c1C. The van der Waals surface area contributed by atoms with E-state index >= 15 is 0 Å². The Labute approximate surface area is 193 Å². The lowest BCUT2D eigenvalue weighted by molar-refractivity contribution is 0.0939. The third-order valence-electron chi connectivity index (χ3n) is 5.99. The van der Waals surface area contributed by atoms with E-state index in [9.17, 15) is 4.79 Å². The minimum atomic E-state index is -0.308. The van der Waals surface area contributed by atoms with Gasteiger partial charge in [0.1, 0.15) is 18.1 Å². The number of ether oxygens (including phenoxy) is 1. The zero-order valence-electron chi connectivity index (χ0n) is 19.6. The Morgan fingerprint density at radius 3 is 2.52 bits per heavy atom. The summed E-state index contributed by atoms with van der Waals surface area (Å²) in [5.41, 5.74) is 6.90. The number of benzene rings is 2. The van der Waals surface area contributed by atoms with E-state index in [0.717, 1.165) is 39.5 Å². The molecule has 0 aliphatic heterocycles. The number of carbonyl (C=O) groups excluding carboxylic acids is 1. The zero-order chi connectivity index (χ0) is 23.5. The van der Waals surface area contributed by atoms with E-state index in [2.05, 4.69) is 15.6 Å². The maximum Gasteiger partial charge on any atom is 0.274 e. The fourth-order valence-electron chi connectivity index (χ4n) is 3.77. The normalized spacial score (nSPS) is 10.9. The van der Waals surface area contributed by atoms with Crippen LogP contribution in [0, 0.1) is 34.6 Å². The van der Waals surface area contributed by atoms with Gasteiger partial charge in [-0.25, -0.2) is 4.68 Å². The third-order valence-corrected chi connectivity index (χ3v) is 5.99. The average Bonchev–Trinajstić information content (AvgIpc) is 3.32. The van der Waals surface area contributed by atoms with Gasteiger partial charge in [-0.15, -0.1) is 0 Å². The monoisotopic (exact) mass is 444 g/mol. The largest absolute Gasteiger partial charge is 0.488 e. The van der Waals surface area contributed by atoms with Gasteiger partial charge in [0.05, 0.1) is 16.9 Å². The van der Waals surface area contributed by atoms with E-state index in [-0.39, 0.29) is 18.2 Å². The number of aryl methyl sites for hydroxylation is 3. The molecule has 2 heterocycles. The molecule has 7 nitrogen and oxygen atoms in total. The van der Waals surface area contributed by atoms with Gasteiger partial charge >= 0.3 is 0 Å². The molecule has 0 radical (unpaired) electrons. The van der Waals surface area contributed by atoms with Gasteiger partial charge < -0.3 is 14.6 Å². The quantitative estimate of drug-likeness (QED) is 0.438. The van der Waals surface area contributed by atoms with Gasteiger partial charge in [-0.05, 0) is 63.9 Å². The average molecular weight is 445 g/mol. The highest BCUT2D eigenvalue weighted by Crippen LogP contribution is 2.24. The molecule has 33 heavy (non-hydrogen) atoms. The first kappa shape index (κ1) is 22.3. The van der Waals surface area contributed by atoms with Crippen LogP contribution >= 0.6 is 0 Å². The molecule has 0 bridgehead atoms. The highest BCUT2D eigenvalue weighted by atomic mass is 16.5. The summed E-state index contributed by atoms with van der Waals surface area (Å²) in [6.45, 7) is 10.3. The van der Waals surface area contributed by atoms with E-state index in [1.165, 1.54) is 0 Å². The molecular weight excluding hydrogens is 416 g/mol. The lowest BCUT2D eigenvalue weighted by atomic mass is 10.1. The Hall–Kier alpha value is -3.87. The van der Waals surface area contributed by atoms with Crippen LogP contribution in [-0.2, 0) is 13.2 Å². The molecule has 1 amide bonds. The second-order valence-electron chi connectivity index (χ2n) is 8.13. The van der Waals surface area contributed by atoms with Gasteiger partial charge in [-0.3, -0.25) is 4.79 Å². The molecule has 0 spiro atoms. The molecule has 0 atom stereocenters. The Bertz CT molecular complexity index is 1290. The van der Waals surface area contributed by atoms with E-state index < -0.39 is 0 Å². The van der Waals surface area contributed by atoms with Gasteiger partial charge in [0.25, 0.3) is 5.91 Å². The van der Waals surface area contributed by atoms with E-state index in [1.54, 1.807) is 6.92 Å². The van der Waals surface area contributed by atoms with Crippen LogP contribution in [0.15, 0.2) is 53.1 Å². The van der Waals surface area contributed by atoms with Crippen molar-refractivity contribution in [3.05, 3.63) is 93.6 Å². The molecule has 1 N–H and O–H groups in total. The minimum absolute atomic E-state index is 0.201. The molecule has 0 saturated carbocycles. The summed E-state index contributed by atoms with van der Waals surface area (Å²) < 4.78 is 13.2. The Morgan fingerprint density at radius 1 is 1.00 bits per heavy atom. The number of amides is 1. The maximum absolute atomic E-state index is 13.0. The number of carbonyl (C=O) groups is 1. The second kappa shape index (κ2) is 9.32. The third kappa shape index (κ3) is 4.53. The van der Waals surface area contributed by atoms with E-state index in [1.807, 2.05) is 80.9 Å². The molecule has 0 fully saturated rings. The van der Waals surface area contributed by atoms with Crippen molar-refractivity contribution in [1.82, 2.24) is 20.3 Å². The first-order chi connectivity index (χ1) is 15.9. The Kier molecular flexibility index (Phi) is 6.31. The summed E-state index contributed by atoms with van der Waals surface area (Å²) in [4.78, 5) is 13.0. The molecule has 2 aromatic heterocycles. The van der Waals surface area contributed by atoms with Gasteiger partial charge in [-0.2, -0.15) is 5.10 Å². The number of hydrogen-bond donors (Lipinski definition) is 1. The Balaban J connectivity index is 1.48. The minimum Gasteiger partial charge on any atom is -0.488 e. The van der Waals surface area contributed by atoms with Crippen molar-refractivity contribution in [2.24, 2.45) is 0 Å². The molecule has 4 aromatic rings. The topological polar surface area (TPSA) is 82.2 Å². The van der Waals surface area contributed by atoms with Crippen LogP contribution in [0.1, 0.15) is 49.9 Å². The number of nitrogens with one attached hydrogen (secondary N) is 1. The van der Waals surface area contributed by atoms with Crippen molar-refractivity contribution in [3.8, 4) is 11.4 Å². The summed E-state index contributed by atoms with van der Waals surface area (Å²) in [5, 5.41) is 11.6. The number of nitrogens with zero attached hydrogens (tertiary/aromatic N) is 3. The summed E-state index contributed by atoms with van der Waals surface area (Å²) in [5.74, 6) is 1.04. The molecular formula is C26H28N4O3. The van der Waals surface area contributed by atoms with Crippen molar-refractivity contribution < 1.29 is 14.1 Å². The van der Waals surface area contributed by atoms with Crippen molar-refractivity contribution >= 4 is 5.91 Å². The van der Waals surface area contributed by atoms with Crippen LogP contribution in [0.3, 0.4) is 0 Å².